The second-order valence-corrected chi connectivity index (χ2v) is 8.61. The predicted molar refractivity (Wildman–Crippen MR) is 71.4 cm³/mol. The van der Waals surface area contributed by atoms with E-state index in [2.05, 4.69) is 0 Å². The van der Waals surface area contributed by atoms with Crippen LogP contribution in [0.1, 0.15) is 46.0 Å². The Morgan fingerprint density at radius 3 is 2.21 bits per heavy atom. The molecular formula is C13H23FO4S. The lowest BCUT2D eigenvalue weighted by Gasteiger charge is -2.36. The van der Waals surface area contributed by atoms with Gasteiger partial charge in [-0.1, -0.05) is 19.3 Å². The summed E-state index contributed by atoms with van der Waals surface area (Å²) in [6.45, 7) is 1.76. The first-order chi connectivity index (χ1) is 8.71. The van der Waals surface area contributed by atoms with Crippen LogP contribution in [0.2, 0.25) is 0 Å². The normalized spacial score (nSPS) is 20.0. The summed E-state index contributed by atoms with van der Waals surface area (Å²) < 4.78 is 40.9. The molecule has 4 nitrogen and oxygen atoms in total. The van der Waals surface area contributed by atoms with E-state index in [1.165, 1.54) is 21.0 Å². The average molecular weight is 294 g/mol. The number of carbonyl (C=O) groups is 1. The summed E-state index contributed by atoms with van der Waals surface area (Å²) in [4.78, 5) is 12.0. The number of sulfone groups is 1. The van der Waals surface area contributed by atoms with Gasteiger partial charge >= 0.3 is 5.97 Å². The first kappa shape index (κ1) is 16.4. The fourth-order valence-electron chi connectivity index (χ4n) is 2.49. The van der Waals surface area contributed by atoms with Gasteiger partial charge in [0.1, 0.15) is 6.67 Å². The molecule has 0 aliphatic heterocycles. The van der Waals surface area contributed by atoms with Gasteiger partial charge in [-0.3, -0.25) is 4.79 Å². The van der Waals surface area contributed by atoms with Crippen LogP contribution in [0, 0.1) is 5.41 Å². The Balaban J connectivity index is 3.06. The number of halogens is 1. The zero-order valence-corrected chi connectivity index (χ0v) is 12.7. The maximum absolute atomic E-state index is 12.9. The summed E-state index contributed by atoms with van der Waals surface area (Å²) in [7, 11) is -2.43. The van der Waals surface area contributed by atoms with E-state index in [-0.39, 0.29) is 5.75 Å². The molecule has 0 saturated heterocycles. The van der Waals surface area contributed by atoms with Gasteiger partial charge in [0.05, 0.1) is 23.0 Å². The molecule has 1 aliphatic carbocycles. The lowest BCUT2D eigenvalue weighted by atomic mass is 9.75. The highest BCUT2D eigenvalue weighted by atomic mass is 32.2. The number of rotatable bonds is 5. The minimum atomic E-state index is -3.70. The zero-order valence-electron chi connectivity index (χ0n) is 11.9. The van der Waals surface area contributed by atoms with Crippen LogP contribution in [0.5, 0.6) is 0 Å². The monoisotopic (exact) mass is 294 g/mol. The minimum Gasteiger partial charge on any atom is -0.469 e. The van der Waals surface area contributed by atoms with Gasteiger partial charge in [0.25, 0.3) is 0 Å². The Labute approximate surface area is 114 Å². The molecule has 0 unspecified atom stereocenters. The van der Waals surface area contributed by atoms with E-state index in [1.807, 2.05) is 0 Å². The van der Waals surface area contributed by atoms with Crippen molar-refractivity contribution in [3.05, 3.63) is 0 Å². The van der Waals surface area contributed by atoms with Crippen molar-refractivity contribution in [2.24, 2.45) is 5.41 Å². The average Bonchev–Trinajstić information content (AvgIpc) is 2.38. The van der Waals surface area contributed by atoms with E-state index < -0.39 is 32.6 Å². The summed E-state index contributed by atoms with van der Waals surface area (Å²) in [5.41, 5.74) is -0.988. The molecule has 0 heterocycles. The number of carbonyl (C=O) groups excluding carboxylic acids is 1. The minimum absolute atomic E-state index is 0.316. The van der Waals surface area contributed by atoms with Crippen molar-refractivity contribution in [1.29, 1.82) is 0 Å². The highest BCUT2D eigenvalue weighted by Crippen LogP contribution is 2.40. The number of ether oxygens (including phenoxy) is 1. The molecule has 0 radical (unpaired) electrons. The molecule has 0 aromatic heterocycles. The Kier molecular flexibility index (Phi) is 4.98. The number of esters is 1. The molecule has 0 aromatic rings. The second kappa shape index (κ2) is 5.77. The first-order valence-electron chi connectivity index (χ1n) is 6.57. The molecule has 6 heteroatoms. The van der Waals surface area contributed by atoms with E-state index in [1.54, 1.807) is 0 Å². The largest absolute Gasteiger partial charge is 0.469 e. The van der Waals surface area contributed by atoms with E-state index >= 15 is 0 Å². The lowest BCUT2D eigenvalue weighted by Crippen LogP contribution is -2.46. The fraction of sp³-hybridized carbons (Fsp3) is 0.923. The molecule has 1 fully saturated rings. The summed E-state index contributed by atoms with van der Waals surface area (Å²) in [5.74, 6) is -0.797. The topological polar surface area (TPSA) is 60.4 Å². The molecule has 112 valence electrons. The number of methoxy groups -OCH3 is 1. The van der Waals surface area contributed by atoms with Crippen LogP contribution in [-0.4, -0.2) is 38.7 Å². The van der Waals surface area contributed by atoms with Crippen LogP contribution >= 0.6 is 0 Å². The van der Waals surface area contributed by atoms with Crippen LogP contribution in [0.25, 0.3) is 0 Å². The SMILES string of the molecule is COC(=O)C1(CS(=O)(=O)C(C)(C)CF)CCCCC1. The van der Waals surface area contributed by atoms with Crippen molar-refractivity contribution in [2.45, 2.75) is 50.7 Å². The Bertz CT molecular complexity index is 422. The van der Waals surface area contributed by atoms with Gasteiger partial charge in [-0.05, 0) is 26.7 Å². The predicted octanol–water partition coefficient (Wildman–Crippen LogP) is 2.27. The van der Waals surface area contributed by atoms with E-state index in [4.69, 9.17) is 4.74 Å². The molecule has 0 aromatic carbocycles. The van der Waals surface area contributed by atoms with Crippen LogP contribution in [-0.2, 0) is 19.4 Å². The third-order valence-corrected chi connectivity index (χ3v) is 6.78. The van der Waals surface area contributed by atoms with Gasteiger partial charge in [0.15, 0.2) is 9.84 Å². The molecule has 1 aliphatic rings. The summed E-state index contributed by atoms with van der Waals surface area (Å²) >= 11 is 0. The highest BCUT2D eigenvalue weighted by Gasteiger charge is 2.48. The molecule has 0 spiro atoms. The third-order valence-electron chi connectivity index (χ3n) is 4.06. The third kappa shape index (κ3) is 3.27. The molecule has 0 N–H and O–H groups in total. The Hall–Kier alpha value is -0.650. The van der Waals surface area contributed by atoms with Crippen LogP contribution in [0.15, 0.2) is 0 Å². The first-order valence-corrected chi connectivity index (χ1v) is 8.23. The van der Waals surface area contributed by atoms with Crippen LogP contribution < -0.4 is 0 Å². The van der Waals surface area contributed by atoms with Crippen molar-refractivity contribution in [1.82, 2.24) is 0 Å². The van der Waals surface area contributed by atoms with Crippen LogP contribution in [0.3, 0.4) is 0 Å². The van der Waals surface area contributed by atoms with E-state index in [0.717, 1.165) is 19.3 Å². The van der Waals surface area contributed by atoms with Crippen molar-refractivity contribution >= 4 is 15.8 Å². The van der Waals surface area contributed by atoms with Gasteiger partial charge in [0, 0.05) is 0 Å². The van der Waals surface area contributed by atoms with E-state index in [0.29, 0.717) is 12.8 Å². The Morgan fingerprint density at radius 2 is 1.79 bits per heavy atom. The molecule has 1 rings (SSSR count). The standard InChI is InChI=1S/C13H23FO4S/c1-12(2,9-14)19(16,17)10-13(11(15)18-3)7-5-4-6-8-13/h4-10H2,1-3H3. The van der Waals surface area contributed by atoms with Gasteiger partial charge in [-0.2, -0.15) is 0 Å². The number of hydrogen-bond donors (Lipinski definition) is 0. The molecular weight excluding hydrogens is 271 g/mol. The van der Waals surface area contributed by atoms with Crippen LogP contribution in [0.4, 0.5) is 4.39 Å². The molecule has 0 atom stereocenters. The molecule has 0 bridgehead atoms. The molecule has 19 heavy (non-hydrogen) atoms. The Morgan fingerprint density at radius 1 is 1.26 bits per heavy atom. The van der Waals surface area contributed by atoms with Crippen molar-refractivity contribution < 1.29 is 22.3 Å². The van der Waals surface area contributed by atoms with E-state index in [9.17, 15) is 17.6 Å². The van der Waals surface area contributed by atoms with Gasteiger partial charge < -0.3 is 4.74 Å². The summed E-state index contributed by atoms with van der Waals surface area (Å²) in [5, 5.41) is 0. The molecule has 1 saturated carbocycles. The number of alkyl halides is 1. The van der Waals surface area contributed by atoms with Crippen molar-refractivity contribution in [3.8, 4) is 0 Å². The quantitative estimate of drug-likeness (QED) is 0.730. The number of hydrogen-bond acceptors (Lipinski definition) is 4. The second-order valence-electron chi connectivity index (χ2n) is 5.98. The summed E-state index contributed by atoms with van der Waals surface area (Å²) in [6.07, 6.45) is 3.61. The maximum atomic E-state index is 12.9. The lowest BCUT2D eigenvalue weighted by molar-refractivity contribution is -0.153. The van der Waals surface area contributed by atoms with Crippen molar-refractivity contribution in [2.75, 3.05) is 19.5 Å². The molecule has 0 amide bonds. The fourth-order valence-corrected chi connectivity index (χ4v) is 4.19. The van der Waals surface area contributed by atoms with Crippen molar-refractivity contribution in [3.63, 3.8) is 0 Å². The van der Waals surface area contributed by atoms with Gasteiger partial charge in [-0.25, -0.2) is 12.8 Å². The summed E-state index contributed by atoms with van der Waals surface area (Å²) in [6, 6.07) is 0. The van der Waals surface area contributed by atoms with Gasteiger partial charge in [0.2, 0.25) is 0 Å². The smallest absolute Gasteiger partial charge is 0.312 e. The maximum Gasteiger partial charge on any atom is 0.312 e. The van der Waals surface area contributed by atoms with Gasteiger partial charge in [-0.15, -0.1) is 0 Å². The highest BCUT2D eigenvalue weighted by molar-refractivity contribution is 7.92. The zero-order chi connectivity index (χ0) is 14.7.